The molecule has 0 saturated heterocycles. The molecule has 3 rings (SSSR count). The fraction of sp³-hybridized carbons (Fsp3) is 0.296. The first-order chi connectivity index (χ1) is 15.4. The highest BCUT2D eigenvalue weighted by atomic mass is 32.2. The third-order valence-corrected chi connectivity index (χ3v) is 6.52. The van der Waals surface area contributed by atoms with Gasteiger partial charge in [-0.25, -0.2) is 8.42 Å². The first-order valence-electron chi connectivity index (χ1n) is 10.9. The van der Waals surface area contributed by atoms with E-state index in [1.807, 2.05) is 76.2 Å². The van der Waals surface area contributed by atoms with E-state index in [9.17, 15) is 13.2 Å². The van der Waals surface area contributed by atoms with Crippen LogP contribution < -0.4 is 9.62 Å². The highest BCUT2D eigenvalue weighted by Crippen LogP contribution is 2.24. The third-order valence-electron chi connectivity index (χ3n) is 5.38. The first-order valence-corrected chi connectivity index (χ1v) is 12.8. The van der Waals surface area contributed by atoms with Crippen LogP contribution in [0, 0.1) is 13.8 Å². The SMILES string of the molecule is Cc1cc(C)cc(N(Cc2ccc(C(=O)NC(C)(C)Cc3ccccc3)cc2)S(C)(=O)=O)c1. The van der Waals surface area contributed by atoms with Crippen LogP contribution in [0.1, 0.15) is 46.5 Å². The first kappa shape index (κ1) is 24.5. The number of amides is 1. The second-order valence-corrected chi connectivity index (χ2v) is 11.2. The van der Waals surface area contributed by atoms with E-state index < -0.39 is 15.6 Å². The molecule has 1 N–H and O–H groups in total. The minimum absolute atomic E-state index is 0.156. The lowest BCUT2D eigenvalue weighted by atomic mass is 9.94. The summed E-state index contributed by atoms with van der Waals surface area (Å²) in [6.07, 6.45) is 1.93. The smallest absolute Gasteiger partial charge is 0.251 e. The predicted molar refractivity (Wildman–Crippen MR) is 135 cm³/mol. The lowest BCUT2D eigenvalue weighted by molar-refractivity contribution is 0.0913. The van der Waals surface area contributed by atoms with Gasteiger partial charge in [-0.1, -0.05) is 48.5 Å². The summed E-state index contributed by atoms with van der Waals surface area (Å²) in [6, 6.07) is 22.9. The summed E-state index contributed by atoms with van der Waals surface area (Å²) in [4.78, 5) is 12.8. The summed E-state index contributed by atoms with van der Waals surface area (Å²) >= 11 is 0. The largest absolute Gasteiger partial charge is 0.347 e. The molecule has 0 bridgehead atoms. The van der Waals surface area contributed by atoms with Crippen molar-refractivity contribution in [2.75, 3.05) is 10.6 Å². The molecular weight excluding hydrogens is 432 g/mol. The number of nitrogens with zero attached hydrogens (tertiary/aromatic N) is 1. The maximum absolute atomic E-state index is 12.8. The van der Waals surface area contributed by atoms with E-state index in [-0.39, 0.29) is 12.5 Å². The molecule has 0 aliphatic carbocycles. The van der Waals surface area contributed by atoms with Crippen LogP contribution in [0.25, 0.3) is 0 Å². The molecule has 1 amide bonds. The average Bonchev–Trinajstić information content (AvgIpc) is 2.71. The molecule has 0 saturated carbocycles. The number of carbonyl (C=O) groups excluding carboxylic acids is 1. The molecule has 0 fully saturated rings. The predicted octanol–water partition coefficient (Wildman–Crippen LogP) is 5.02. The summed E-state index contributed by atoms with van der Waals surface area (Å²) in [7, 11) is -3.48. The minimum atomic E-state index is -3.48. The summed E-state index contributed by atoms with van der Waals surface area (Å²) in [5.41, 5.74) is 4.74. The van der Waals surface area contributed by atoms with Crippen molar-refractivity contribution in [2.24, 2.45) is 0 Å². The van der Waals surface area contributed by atoms with Crippen molar-refractivity contribution in [3.8, 4) is 0 Å². The molecule has 6 heteroatoms. The molecular formula is C27H32N2O3S. The number of anilines is 1. The highest BCUT2D eigenvalue weighted by Gasteiger charge is 2.22. The van der Waals surface area contributed by atoms with Crippen molar-refractivity contribution < 1.29 is 13.2 Å². The topological polar surface area (TPSA) is 66.5 Å². The number of nitrogens with one attached hydrogen (secondary N) is 1. The van der Waals surface area contributed by atoms with Crippen molar-refractivity contribution >= 4 is 21.6 Å². The molecule has 0 unspecified atom stereocenters. The summed E-state index contributed by atoms with van der Waals surface area (Å²) in [5, 5.41) is 3.10. The number of hydrogen-bond donors (Lipinski definition) is 1. The Balaban J connectivity index is 1.73. The monoisotopic (exact) mass is 464 g/mol. The van der Waals surface area contributed by atoms with Crippen LogP contribution in [0.15, 0.2) is 72.8 Å². The zero-order valence-corrected chi connectivity index (χ0v) is 20.7. The number of benzene rings is 3. The Morgan fingerprint density at radius 1 is 0.879 bits per heavy atom. The zero-order valence-electron chi connectivity index (χ0n) is 19.9. The van der Waals surface area contributed by atoms with Crippen molar-refractivity contribution in [3.05, 3.63) is 101 Å². The van der Waals surface area contributed by atoms with Crippen molar-refractivity contribution in [1.29, 1.82) is 0 Å². The van der Waals surface area contributed by atoms with Crippen LogP contribution in [-0.2, 0) is 23.0 Å². The van der Waals surface area contributed by atoms with E-state index in [4.69, 9.17) is 0 Å². The summed E-state index contributed by atoms with van der Waals surface area (Å²) < 4.78 is 26.4. The van der Waals surface area contributed by atoms with Gasteiger partial charge in [0.15, 0.2) is 0 Å². The molecule has 33 heavy (non-hydrogen) atoms. The van der Waals surface area contributed by atoms with Gasteiger partial charge in [0.2, 0.25) is 10.0 Å². The number of carbonyl (C=O) groups is 1. The molecule has 0 heterocycles. The van der Waals surface area contributed by atoms with Gasteiger partial charge in [0.25, 0.3) is 5.91 Å². The number of hydrogen-bond acceptors (Lipinski definition) is 3. The van der Waals surface area contributed by atoms with Crippen LogP contribution in [-0.4, -0.2) is 26.1 Å². The number of sulfonamides is 1. The minimum Gasteiger partial charge on any atom is -0.347 e. The zero-order chi connectivity index (χ0) is 24.2. The molecule has 174 valence electrons. The van der Waals surface area contributed by atoms with E-state index >= 15 is 0 Å². The molecule has 0 aliphatic rings. The maximum Gasteiger partial charge on any atom is 0.251 e. The van der Waals surface area contributed by atoms with Gasteiger partial charge in [0.1, 0.15) is 0 Å². The maximum atomic E-state index is 12.8. The normalized spacial score (nSPS) is 11.8. The Kier molecular flexibility index (Phi) is 7.28. The third kappa shape index (κ3) is 6.93. The Morgan fingerprint density at radius 2 is 1.45 bits per heavy atom. The lowest BCUT2D eigenvalue weighted by Crippen LogP contribution is -2.45. The van der Waals surface area contributed by atoms with E-state index in [1.54, 1.807) is 24.3 Å². The van der Waals surface area contributed by atoms with Crippen LogP contribution in [0.5, 0.6) is 0 Å². The average molecular weight is 465 g/mol. The van der Waals surface area contributed by atoms with Gasteiger partial charge in [-0.05, 0) is 80.6 Å². The van der Waals surface area contributed by atoms with E-state index in [0.717, 1.165) is 28.7 Å². The fourth-order valence-corrected chi connectivity index (χ4v) is 4.82. The van der Waals surface area contributed by atoms with Crippen LogP contribution in [0.3, 0.4) is 0 Å². The molecule has 0 aliphatic heterocycles. The van der Waals surface area contributed by atoms with E-state index in [1.165, 1.54) is 10.6 Å². The second kappa shape index (κ2) is 9.79. The molecule has 0 aromatic heterocycles. The molecule has 0 atom stereocenters. The molecule has 0 spiro atoms. The Hall–Kier alpha value is -3.12. The summed E-state index contributed by atoms with van der Waals surface area (Å²) in [5.74, 6) is -0.156. The van der Waals surface area contributed by atoms with E-state index in [2.05, 4.69) is 5.32 Å². The Morgan fingerprint density at radius 3 is 2.00 bits per heavy atom. The van der Waals surface area contributed by atoms with Crippen molar-refractivity contribution in [1.82, 2.24) is 5.32 Å². The molecule has 3 aromatic carbocycles. The second-order valence-electron chi connectivity index (χ2n) is 9.31. The Labute approximate surface area is 197 Å². The van der Waals surface area contributed by atoms with Gasteiger partial charge in [-0.3, -0.25) is 9.10 Å². The molecule has 3 aromatic rings. The van der Waals surface area contributed by atoms with Gasteiger partial charge in [0, 0.05) is 11.1 Å². The van der Waals surface area contributed by atoms with Crippen LogP contribution in [0.2, 0.25) is 0 Å². The van der Waals surface area contributed by atoms with Gasteiger partial charge >= 0.3 is 0 Å². The standard InChI is InChI=1S/C27H32N2O3S/c1-20-15-21(2)17-25(16-20)29(33(5,31)32)19-23-11-13-24(14-12-23)26(30)28-27(3,4)18-22-9-7-6-8-10-22/h6-17H,18-19H2,1-5H3,(H,28,30). The quantitative estimate of drug-likeness (QED) is 0.509. The molecule has 5 nitrogen and oxygen atoms in total. The van der Waals surface area contributed by atoms with Gasteiger partial charge in [-0.15, -0.1) is 0 Å². The summed E-state index contributed by atoms with van der Waals surface area (Å²) in [6.45, 7) is 8.09. The number of aryl methyl sites for hydroxylation is 2. The van der Waals surface area contributed by atoms with Crippen LogP contribution in [0.4, 0.5) is 5.69 Å². The lowest BCUT2D eigenvalue weighted by Gasteiger charge is -2.27. The number of rotatable bonds is 8. The van der Waals surface area contributed by atoms with Crippen molar-refractivity contribution in [3.63, 3.8) is 0 Å². The Bertz CT molecular complexity index is 1200. The molecule has 0 radical (unpaired) electrons. The van der Waals surface area contributed by atoms with Crippen LogP contribution >= 0.6 is 0 Å². The van der Waals surface area contributed by atoms with Gasteiger partial charge < -0.3 is 5.32 Å². The van der Waals surface area contributed by atoms with Gasteiger partial charge in [0.05, 0.1) is 18.5 Å². The van der Waals surface area contributed by atoms with E-state index in [0.29, 0.717) is 11.3 Å². The fourth-order valence-electron chi connectivity index (χ4n) is 3.95. The highest BCUT2D eigenvalue weighted by molar-refractivity contribution is 7.92. The van der Waals surface area contributed by atoms with Crippen molar-refractivity contribution in [2.45, 2.75) is 46.2 Å². The van der Waals surface area contributed by atoms with Gasteiger partial charge in [-0.2, -0.15) is 0 Å².